The van der Waals surface area contributed by atoms with Crippen molar-refractivity contribution < 1.29 is 16.6 Å². The third-order valence-electron chi connectivity index (χ3n) is 10.2. The number of benzene rings is 3. The summed E-state index contributed by atoms with van der Waals surface area (Å²) in [6.07, 6.45) is 8.19. The van der Waals surface area contributed by atoms with Crippen LogP contribution in [0.5, 0.6) is 0 Å². The fraction of sp³-hybridized carbons (Fsp3) is 0.405. The van der Waals surface area contributed by atoms with Crippen molar-refractivity contribution >= 4 is 8.07 Å². The van der Waals surface area contributed by atoms with Gasteiger partial charge in [0.25, 0.3) is 0 Å². The SMILES string of the molecule is CC(C)(C)[Si](C)(C)CC1[C]([Ti]([CH2]c2ccccc2)([CH2]c2ccccc2)[CH2]c2ccccc2)=CC2=C1CCCC2. The molecule has 1 atom stereocenters. The minimum atomic E-state index is -2.78. The van der Waals surface area contributed by atoms with E-state index in [1.54, 1.807) is 22.3 Å². The average molecular weight is 569 g/mol. The molecule has 2 heteroatoms. The summed E-state index contributed by atoms with van der Waals surface area (Å²) in [6.45, 7) is 12.9. The Bertz CT molecular complexity index is 1190. The van der Waals surface area contributed by atoms with Gasteiger partial charge in [0, 0.05) is 0 Å². The molecule has 3 aromatic rings. The van der Waals surface area contributed by atoms with E-state index >= 15 is 0 Å². The molecule has 0 heterocycles. The number of hydrogen-bond acceptors (Lipinski definition) is 0. The first kappa shape index (κ1) is 28.6. The van der Waals surface area contributed by atoms with Crippen LogP contribution in [0.4, 0.5) is 0 Å². The van der Waals surface area contributed by atoms with Crippen LogP contribution in [-0.2, 0) is 30.8 Å². The van der Waals surface area contributed by atoms with Crippen molar-refractivity contribution in [3.05, 3.63) is 129 Å². The van der Waals surface area contributed by atoms with Crippen LogP contribution in [0.25, 0.3) is 0 Å². The van der Waals surface area contributed by atoms with Gasteiger partial charge in [0.15, 0.2) is 0 Å². The molecule has 0 saturated heterocycles. The molecular formula is C37H48SiTi. The van der Waals surface area contributed by atoms with E-state index in [0.717, 1.165) is 0 Å². The van der Waals surface area contributed by atoms with Crippen LogP contribution in [0.15, 0.2) is 112 Å². The summed E-state index contributed by atoms with van der Waals surface area (Å²) in [6, 6.07) is 35.9. The summed E-state index contributed by atoms with van der Waals surface area (Å²) in [5, 5.41) is 0.407. The zero-order valence-corrected chi connectivity index (χ0v) is 27.5. The molecule has 0 amide bonds. The van der Waals surface area contributed by atoms with Crippen molar-refractivity contribution in [2.24, 2.45) is 5.92 Å². The Morgan fingerprint density at radius 3 is 1.54 bits per heavy atom. The third kappa shape index (κ3) is 6.53. The minimum absolute atomic E-state index is 0.407. The molecule has 2 aliphatic rings. The molecule has 0 fully saturated rings. The second-order valence-electron chi connectivity index (χ2n) is 14.0. The second kappa shape index (κ2) is 11.9. The van der Waals surface area contributed by atoms with Gasteiger partial charge in [-0.1, -0.05) is 0 Å². The second-order valence-corrected chi connectivity index (χ2v) is 26.2. The number of rotatable bonds is 9. The predicted octanol–water partition coefficient (Wildman–Crippen LogP) is 10.6. The van der Waals surface area contributed by atoms with Gasteiger partial charge in [-0.15, -0.1) is 0 Å². The zero-order valence-electron chi connectivity index (χ0n) is 25.0. The fourth-order valence-corrected chi connectivity index (χ4v) is 18.1. The Labute approximate surface area is 243 Å². The number of allylic oxidation sites excluding steroid dienone is 4. The Morgan fingerprint density at radius 1 is 0.667 bits per heavy atom. The van der Waals surface area contributed by atoms with Crippen LogP contribution in [0, 0.1) is 5.92 Å². The van der Waals surface area contributed by atoms with Gasteiger partial charge in [0.2, 0.25) is 0 Å². The Morgan fingerprint density at radius 2 is 1.10 bits per heavy atom. The Hall–Kier alpha value is -1.93. The van der Waals surface area contributed by atoms with Crippen molar-refractivity contribution in [2.75, 3.05) is 0 Å². The molecule has 0 saturated carbocycles. The van der Waals surface area contributed by atoms with E-state index in [9.17, 15) is 0 Å². The standard InChI is InChI=1S/C16H27Si.3C7H7.Ti/c1-16(2,3)17(4,5)12-14-11-10-13-8-6-7-9-15(13)14;3*1-7-5-3-2-4-6-7;/h10,14H,6-9,12H2,1-5H3;3*2-6H,1H2;. The van der Waals surface area contributed by atoms with Crippen molar-refractivity contribution in [2.45, 2.75) is 84.8 Å². The molecular weight excluding hydrogens is 520 g/mol. The van der Waals surface area contributed by atoms with Gasteiger partial charge < -0.3 is 0 Å². The summed E-state index contributed by atoms with van der Waals surface area (Å²) in [4.78, 5) is 0. The maximum atomic E-state index is 2.82. The predicted molar refractivity (Wildman–Crippen MR) is 170 cm³/mol. The summed E-state index contributed by atoms with van der Waals surface area (Å²) < 4.78 is 5.74. The summed E-state index contributed by atoms with van der Waals surface area (Å²) in [5.74, 6) is 0.678. The van der Waals surface area contributed by atoms with Gasteiger partial charge in [-0.25, -0.2) is 0 Å². The van der Waals surface area contributed by atoms with E-state index < -0.39 is 24.7 Å². The first-order valence-electron chi connectivity index (χ1n) is 15.2. The Kier molecular flexibility index (Phi) is 8.72. The van der Waals surface area contributed by atoms with Gasteiger partial charge in [0.1, 0.15) is 0 Å². The van der Waals surface area contributed by atoms with Gasteiger partial charge in [0.05, 0.1) is 0 Å². The summed E-state index contributed by atoms with van der Waals surface area (Å²) in [7, 11) is -1.49. The molecule has 0 aliphatic heterocycles. The van der Waals surface area contributed by atoms with E-state index in [1.807, 2.05) is 9.45 Å². The first-order chi connectivity index (χ1) is 18.7. The zero-order chi connectivity index (χ0) is 27.5. The van der Waals surface area contributed by atoms with Gasteiger partial charge >= 0.3 is 244 Å². The van der Waals surface area contributed by atoms with Gasteiger partial charge in [-0.2, -0.15) is 0 Å². The van der Waals surface area contributed by atoms with Crippen molar-refractivity contribution in [1.82, 2.24) is 0 Å². The molecule has 204 valence electrons. The molecule has 0 bridgehead atoms. The maximum absolute atomic E-state index is 2.82. The summed E-state index contributed by atoms with van der Waals surface area (Å²) in [5.41, 5.74) is 8.22. The molecule has 39 heavy (non-hydrogen) atoms. The molecule has 0 radical (unpaired) electrons. The third-order valence-corrected chi connectivity index (χ3v) is 23.4. The van der Waals surface area contributed by atoms with Crippen LogP contribution in [0.1, 0.15) is 63.1 Å². The molecule has 2 aliphatic carbocycles. The van der Waals surface area contributed by atoms with Crippen molar-refractivity contribution in [3.8, 4) is 0 Å². The molecule has 5 rings (SSSR count). The molecule has 3 aromatic carbocycles. The molecule has 1 unspecified atom stereocenters. The van der Waals surface area contributed by atoms with E-state index in [2.05, 4.69) is 131 Å². The topological polar surface area (TPSA) is 0 Å². The van der Waals surface area contributed by atoms with Crippen LogP contribution in [0.3, 0.4) is 0 Å². The van der Waals surface area contributed by atoms with E-state index in [0.29, 0.717) is 11.0 Å². The van der Waals surface area contributed by atoms with E-state index in [-0.39, 0.29) is 0 Å². The normalized spacial score (nSPS) is 18.2. The van der Waals surface area contributed by atoms with Crippen LogP contribution in [0.2, 0.25) is 24.2 Å². The molecule has 0 N–H and O–H groups in total. The van der Waals surface area contributed by atoms with Crippen molar-refractivity contribution in [1.29, 1.82) is 0 Å². The fourth-order valence-electron chi connectivity index (χ4n) is 7.02. The molecule has 0 aromatic heterocycles. The van der Waals surface area contributed by atoms with Crippen molar-refractivity contribution in [3.63, 3.8) is 0 Å². The van der Waals surface area contributed by atoms with Gasteiger partial charge in [-0.05, 0) is 0 Å². The van der Waals surface area contributed by atoms with Crippen LogP contribution >= 0.6 is 0 Å². The van der Waals surface area contributed by atoms with E-state index in [1.165, 1.54) is 45.9 Å². The monoisotopic (exact) mass is 568 g/mol. The molecule has 0 spiro atoms. The van der Waals surface area contributed by atoms with Gasteiger partial charge in [-0.3, -0.25) is 0 Å². The quantitative estimate of drug-likeness (QED) is 0.225. The first-order valence-corrected chi connectivity index (χ1v) is 22.5. The van der Waals surface area contributed by atoms with E-state index in [4.69, 9.17) is 0 Å². The number of hydrogen-bond donors (Lipinski definition) is 0. The average Bonchev–Trinajstić information content (AvgIpc) is 3.28. The van der Waals surface area contributed by atoms with Crippen LogP contribution in [-0.4, -0.2) is 8.07 Å². The summed E-state index contributed by atoms with van der Waals surface area (Å²) >= 11 is -2.78. The Balaban J connectivity index is 1.68. The van der Waals surface area contributed by atoms with Crippen LogP contribution < -0.4 is 0 Å². The molecule has 0 nitrogen and oxygen atoms in total.